The van der Waals surface area contributed by atoms with Crippen LogP contribution in [0, 0.1) is 0 Å². The molecule has 0 unspecified atom stereocenters. The Hall–Kier alpha value is -2.37. The van der Waals surface area contributed by atoms with Crippen molar-refractivity contribution in [2.75, 3.05) is 31.1 Å². The molecule has 2 saturated heterocycles. The van der Waals surface area contributed by atoms with E-state index >= 15 is 0 Å². The first kappa shape index (κ1) is 21.5. The second-order valence-corrected chi connectivity index (χ2v) is 9.76. The lowest BCUT2D eigenvalue weighted by atomic mass is 10.0. The summed E-state index contributed by atoms with van der Waals surface area (Å²) in [5, 5.41) is 13.5. The zero-order chi connectivity index (χ0) is 21.9. The minimum atomic E-state index is -0.243. The summed E-state index contributed by atoms with van der Waals surface area (Å²) < 4.78 is 0. The number of aliphatic hydroxyl groups is 1. The molecule has 2 N–H and O–H groups in total. The smallest absolute Gasteiger partial charge is 0.226 e. The molecular weight excluding hydrogens is 398 g/mol. The number of nitrogens with one attached hydrogen (secondary N) is 1. The van der Waals surface area contributed by atoms with Crippen LogP contribution >= 0.6 is 0 Å². The van der Waals surface area contributed by atoms with E-state index in [1.807, 2.05) is 4.90 Å². The van der Waals surface area contributed by atoms with E-state index in [2.05, 4.69) is 58.7 Å². The Morgan fingerprint density at radius 3 is 2.09 bits per heavy atom. The van der Waals surface area contributed by atoms with Gasteiger partial charge in [-0.15, -0.1) is 0 Å². The first-order chi connectivity index (χ1) is 15.6. The summed E-state index contributed by atoms with van der Waals surface area (Å²) in [4.78, 5) is 16.9. The summed E-state index contributed by atoms with van der Waals surface area (Å²) >= 11 is 0. The van der Waals surface area contributed by atoms with Gasteiger partial charge in [0, 0.05) is 44.0 Å². The highest BCUT2D eigenvalue weighted by molar-refractivity contribution is 5.79. The molecule has 170 valence electrons. The molecule has 5 nitrogen and oxygen atoms in total. The number of rotatable bonds is 5. The third-order valence-corrected chi connectivity index (χ3v) is 7.49. The molecule has 0 bridgehead atoms. The Morgan fingerprint density at radius 1 is 0.844 bits per heavy atom. The summed E-state index contributed by atoms with van der Waals surface area (Å²) in [6, 6.07) is 18.6. The molecule has 0 aromatic heterocycles. The van der Waals surface area contributed by atoms with Crippen molar-refractivity contribution < 1.29 is 9.90 Å². The quantitative estimate of drug-likeness (QED) is 0.761. The van der Waals surface area contributed by atoms with Gasteiger partial charge in [-0.25, -0.2) is 0 Å². The zero-order valence-corrected chi connectivity index (χ0v) is 18.9. The van der Waals surface area contributed by atoms with E-state index in [0.29, 0.717) is 44.4 Å². The van der Waals surface area contributed by atoms with Crippen molar-refractivity contribution in [3.63, 3.8) is 0 Å². The Labute approximate surface area is 191 Å². The van der Waals surface area contributed by atoms with Gasteiger partial charge in [0.25, 0.3) is 0 Å². The molecule has 2 aliphatic heterocycles. The minimum absolute atomic E-state index is 0.172. The van der Waals surface area contributed by atoms with Gasteiger partial charge in [-0.2, -0.15) is 0 Å². The van der Waals surface area contributed by atoms with E-state index in [4.69, 9.17) is 0 Å². The van der Waals surface area contributed by atoms with Crippen LogP contribution < -0.4 is 10.2 Å². The van der Waals surface area contributed by atoms with Gasteiger partial charge in [0.05, 0.1) is 12.5 Å². The molecule has 2 aromatic carbocycles. The Kier molecular flexibility index (Phi) is 6.47. The van der Waals surface area contributed by atoms with E-state index in [1.165, 1.54) is 29.7 Å². The molecule has 0 radical (unpaired) electrons. The zero-order valence-electron chi connectivity index (χ0n) is 18.9. The molecule has 0 spiro atoms. The maximum atomic E-state index is 12.5. The fraction of sp³-hybridized carbons (Fsp3) is 0.519. The average molecular weight is 434 g/mol. The second kappa shape index (κ2) is 9.63. The number of nitrogens with zero attached hydrogens (tertiary/aromatic N) is 2. The molecule has 0 saturated carbocycles. The topological polar surface area (TPSA) is 55.8 Å². The van der Waals surface area contributed by atoms with E-state index < -0.39 is 0 Å². The predicted octanol–water partition coefficient (Wildman–Crippen LogP) is 2.94. The highest BCUT2D eigenvalue weighted by atomic mass is 16.3. The second-order valence-electron chi connectivity index (χ2n) is 9.76. The lowest BCUT2D eigenvalue weighted by Crippen LogP contribution is -2.46. The minimum Gasteiger partial charge on any atom is -0.393 e. The summed E-state index contributed by atoms with van der Waals surface area (Å²) in [6.07, 6.45) is 6.27. The SMILES string of the molecule is O=C(Cc1ccc(N2CCC(NC3Cc4ccccc4C3)CC2)cc1)N1CCC(O)CC1. The van der Waals surface area contributed by atoms with Gasteiger partial charge in [-0.1, -0.05) is 36.4 Å². The number of carbonyl (C=O) groups excluding carboxylic acids is 1. The van der Waals surface area contributed by atoms with Gasteiger partial charge in [0.2, 0.25) is 5.91 Å². The van der Waals surface area contributed by atoms with Gasteiger partial charge in [-0.3, -0.25) is 4.79 Å². The lowest BCUT2D eigenvalue weighted by Gasteiger charge is -2.35. The summed E-state index contributed by atoms with van der Waals surface area (Å²) in [6.45, 7) is 3.50. The fourth-order valence-electron chi connectivity index (χ4n) is 5.54. The third kappa shape index (κ3) is 5.00. The standard InChI is InChI=1S/C27H35N3O2/c31-26-11-15-30(16-12-26)27(32)17-20-5-7-25(8-6-20)29-13-9-23(10-14-29)28-24-18-21-3-1-2-4-22(21)19-24/h1-8,23-24,26,28,31H,9-19H2. The van der Waals surface area contributed by atoms with Crippen LogP contribution in [0.2, 0.25) is 0 Å². The number of aliphatic hydroxyl groups excluding tert-OH is 1. The molecule has 2 fully saturated rings. The summed E-state index contributed by atoms with van der Waals surface area (Å²) in [5.74, 6) is 0.172. The van der Waals surface area contributed by atoms with Gasteiger partial charge in [0.1, 0.15) is 0 Å². The molecule has 3 aliphatic rings. The van der Waals surface area contributed by atoms with Crippen LogP contribution in [0.3, 0.4) is 0 Å². The lowest BCUT2D eigenvalue weighted by molar-refractivity contribution is -0.132. The largest absolute Gasteiger partial charge is 0.393 e. The number of anilines is 1. The first-order valence-electron chi connectivity index (χ1n) is 12.3. The number of amides is 1. The van der Waals surface area contributed by atoms with Crippen molar-refractivity contribution in [1.29, 1.82) is 0 Å². The van der Waals surface area contributed by atoms with Gasteiger partial charge < -0.3 is 20.2 Å². The van der Waals surface area contributed by atoms with Crippen molar-refractivity contribution in [3.05, 3.63) is 65.2 Å². The molecule has 2 aromatic rings. The third-order valence-electron chi connectivity index (χ3n) is 7.49. The first-order valence-corrected chi connectivity index (χ1v) is 12.3. The average Bonchev–Trinajstić information content (AvgIpc) is 3.23. The van der Waals surface area contributed by atoms with E-state index in [9.17, 15) is 9.90 Å². The number of benzene rings is 2. The van der Waals surface area contributed by atoms with Crippen molar-refractivity contribution in [1.82, 2.24) is 10.2 Å². The van der Waals surface area contributed by atoms with Crippen LogP contribution in [-0.4, -0.2) is 60.3 Å². The maximum absolute atomic E-state index is 12.5. The number of likely N-dealkylation sites (tertiary alicyclic amines) is 1. The number of fused-ring (bicyclic) bond motifs is 1. The van der Waals surface area contributed by atoms with E-state index in [0.717, 1.165) is 31.5 Å². The fourth-order valence-corrected chi connectivity index (χ4v) is 5.54. The number of hydrogen-bond acceptors (Lipinski definition) is 4. The van der Waals surface area contributed by atoms with Crippen LogP contribution in [0.5, 0.6) is 0 Å². The van der Waals surface area contributed by atoms with Crippen molar-refractivity contribution >= 4 is 11.6 Å². The van der Waals surface area contributed by atoms with Crippen molar-refractivity contribution in [3.8, 4) is 0 Å². The predicted molar refractivity (Wildman–Crippen MR) is 128 cm³/mol. The van der Waals surface area contributed by atoms with E-state index in [-0.39, 0.29) is 12.0 Å². The van der Waals surface area contributed by atoms with Crippen molar-refractivity contribution in [2.45, 2.75) is 63.1 Å². The highest BCUT2D eigenvalue weighted by Crippen LogP contribution is 2.25. The number of carbonyl (C=O) groups is 1. The molecule has 0 atom stereocenters. The molecule has 5 rings (SSSR count). The van der Waals surface area contributed by atoms with Crippen LogP contribution in [0.1, 0.15) is 42.4 Å². The Morgan fingerprint density at radius 2 is 1.47 bits per heavy atom. The molecule has 5 heteroatoms. The molecule has 1 amide bonds. The summed E-state index contributed by atoms with van der Waals surface area (Å²) in [5.41, 5.74) is 5.36. The van der Waals surface area contributed by atoms with Crippen LogP contribution in [0.4, 0.5) is 5.69 Å². The molecule has 32 heavy (non-hydrogen) atoms. The number of hydrogen-bond donors (Lipinski definition) is 2. The van der Waals surface area contributed by atoms with Gasteiger partial charge >= 0.3 is 0 Å². The molecular formula is C27H35N3O2. The Bertz CT molecular complexity index is 888. The van der Waals surface area contributed by atoms with Crippen LogP contribution in [0.25, 0.3) is 0 Å². The van der Waals surface area contributed by atoms with Crippen molar-refractivity contribution in [2.24, 2.45) is 0 Å². The molecule has 1 aliphatic carbocycles. The summed E-state index contributed by atoms with van der Waals surface area (Å²) in [7, 11) is 0. The monoisotopic (exact) mass is 433 g/mol. The Balaban J connectivity index is 1.08. The number of piperidine rings is 2. The maximum Gasteiger partial charge on any atom is 0.226 e. The van der Waals surface area contributed by atoms with Crippen LogP contribution in [-0.2, 0) is 24.1 Å². The highest BCUT2D eigenvalue weighted by Gasteiger charge is 2.26. The molecule has 2 heterocycles. The van der Waals surface area contributed by atoms with Gasteiger partial charge in [-0.05, 0) is 67.3 Å². The van der Waals surface area contributed by atoms with Crippen LogP contribution in [0.15, 0.2) is 48.5 Å². The van der Waals surface area contributed by atoms with Gasteiger partial charge in [0.15, 0.2) is 0 Å². The normalized spacial score (nSPS) is 20.5. The van der Waals surface area contributed by atoms with E-state index in [1.54, 1.807) is 0 Å².